The number of fused-ring (bicyclic) bond motifs is 1. The fourth-order valence-corrected chi connectivity index (χ4v) is 2.75. The van der Waals surface area contributed by atoms with Gasteiger partial charge in [0, 0.05) is 10.0 Å². The highest BCUT2D eigenvalue weighted by molar-refractivity contribution is 9.10. The number of hydrogen-bond donors (Lipinski definition) is 0. The first-order valence-electron chi connectivity index (χ1n) is 7.55. The van der Waals surface area contributed by atoms with Gasteiger partial charge in [0.15, 0.2) is 0 Å². The van der Waals surface area contributed by atoms with Crippen LogP contribution >= 0.6 is 15.9 Å². The molecule has 6 heteroatoms. The molecule has 2 aromatic carbocycles. The van der Waals surface area contributed by atoms with Gasteiger partial charge >= 0.3 is 0 Å². The molecule has 0 unspecified atom stereocenters. The molecule has 0 saturated heterocycles. The van der Waals surface area contributed by atoms with Crippen LogP contribution in [0.25, 0.3) is 10.9 Å². The van der Waals surface area contributed by atoms with Gasteiger partial charge in [-0.1, -0.05) is 28.1 Å². The molecule has 0 fully saturated rings. The standard InChI is InChI=1S/C18H16BrN3O2/c1-3-24-17-7-5-4-6-13(17)11-20-22-12(2)21-16-9-8-14(19)10-15(16)18(22)23/h4-11H,3H2,1-2H3. The van der Waals surface area contributed by atoms with Crippen LogP contribution in [0, 0.1) is 6.92 Å². The zero-order chi connectivity index (χ0) is 17.1. The molecule has 0 radical (unpaired) electrons. The smallest absolute Gasteiger partial charge is 0.282 e. The zero-order valence-electron chi connectivity index (χ0n) is 13.4. The number of halogens is 1. The van der Waals surface area contributed by atoms with E-state index in [1.54, 1.807) is 19.2 Å². The van der Waals surface area contributed by atoms with E-state index in [0.29, 0.717) is 23.3 Å². The molecule has 0 aliphatic carbocycles. The Bertz CT molecular complexity index is 980. The maximum absolute atomic E-state index is 12.7. The molecule has 0 spiro atoms. The third kappa shape index (κ3) is 3.23. The summed E-state index contributed by atoms with van der Waals surface area (Å²) in [6, 6.07) is 13.0. The fraction of sp³-hybridized carbons (Fsp3) is 0.167. The summed E-state index contributed by atoms with van der Waals surface area (Å²) in [5.74, 6) is 1.26. The molecule has 0 saturated carbocycles. The van der Waals surface area contributed by atoms with Gasteiger partial charge in [0.25, 0.3) is 5.56 Å². The van der Waals surface area contributed by atoms with E-state index in [4.69, 9.17) is 4.74 Å². The SMILES string of the molecule is CCOc1ccccc1C=Nn1c(C)nc2ccc(Br)cc2c1=O. The Morgan fingerprint density at radius 2 is 2.08 bits per heavy atom. The number of para-hydroxylation sites is 1. The molecule has 3 aromatic rings. The minimum Gasteiger partial charge on any atom is -0.493 e. The monoisotopic (exact) mass is 385 g/mol. The predicted molar refractivity (Wildman–Crippen MR) is 99.0 cm³/mol. The Balaban J connectivity index is 2.09. The van der Waals surface area contributed by atoms with Crippen molar-refractivity contribution in [1.82, 2.24) is 9.66 Å². The summed E-state index contributed by atoms with van der Waals surface area (Å²) in [5, 5.41) is 4.84. The van der Waals surface area contributed by atoms with Crippen molar-refractivity contribution in [3.8, 4) is 5.75 Å². The number of aromatic nitrogens is 2. The van der Waals surface area contributed by atoms with Crippen molar-refractivity contribution in [2.45, 2.75) is 13.8 Å². The van der Waals surface area contributed by atoms with Crippen molar-refractivity contribution in [1.29, 1.82) is 0 Å². The first kappa shape index (κ1) is 16.4. The third-order valence-electron chi connectivity index (χ3n) is 3.50. The van der Waals surface area contributed by atoms with Gasteiger partial charge in [-0.05, 0) is 44.2 Å². The van der Waals surface area contributed by atoms with Gasteiger partial charge in [-0.15, -0.1) is 0 Å². The maximum Gasteiger partial charge on any atom is 0.282 e. The molecule has 0 aliphatic heterocycles. The number of aryl methyl sites for hydroxylation is 1. The van der Waals surface area contributed by atoms with Gasteiger partial charge in [-0.3, -0.25) is 4.79 Å². The zero-order valence-corrected chi connectivity index (χ0v) is 14.9. The first-order chi connectivity index (χ1) is 11.6. The van der Waals surface area contributed by atoms with Crippen LogP contribution in [0.3, 0.4) is 0 Å². The Labute approximate surface area is 147 Å². The van der Waals surface area contributed by atoms with Gasteiger partial charge in [-0.2, -0.15) is 9.78 Å². The summed E-state index contributed by atoms with van der Waals surface area (Å²) in [6.45, 7) is 4.25. The van der Waals surface area contributed by atoms with Crippen molar-refractivity contribution in [2.24, 2.45) is 5.10 Å². The largest absolute Gasteiger partial charge is 0.493 e. The second kappa shape index (κ2) is 6.97. The third-order valence-corrected chi connectivity index (χ3v) is 3.99. The molecular weight excluding hydrogens is 370 g/mol. The molecule has 0 aliphatic rings. The van der Waals surface area contributed by atoms with Crippen LogP contribution in [0.1, 0.15) is 18.3 Å². The van der Waals surface area contributed by atoms with E-state index in [2.05, 4.69) is 26.0 Å². The molecule has 0 atom stereocenters. The minimum atomic E-state index is -0.205. The van der Waals surface area contributed by atoms with E-state index in [1.165, 1.54) is 4.68 Å². The van der Waals surface area contributed by atoms with Crippen molar-refractivity contribution < 1.29 is 4.74 Å². The number of nitrogens with zero attached hydrogens (tertiary/aromatic N) is 3. The van der Waals surface area contributed by atoms with Crippen molar-refractivity contribution >= 4 is 33.0 Å². The Morgan fingerprint density at radius 3 is 2.88 bits per heavy atom. The van der Waals surface area contributed by atoms with Crippen molar-refractivity contribution in [3.05, 3.63) is 68.7 Å². The maximum atomic E-state index is 12.7. The number of hydrogen-bond acceptors (Lipinski definition) is 4. The lowest BCUT2D eigenvalue weighted by molar-refractivity contribution is 0.340. The highest BCUT2D eigenvalue weighted by atomic mass is 79.9. The molecule has 1 heterocycles. The molecule has 0 N–H and O–H groups in total. The van der Waals surface area contributed by atoms with E-state index >= 15 is 0 Å². The molecular formula is C18H16BrN3O2. The summed E-state index contributed by atoms with van der Waals surface area (Å²) < 4.78 is 7.70. The average molecular weight is 386 g/mol. The Hall–Kier alpha value is -2.47. The van der Waals surface area contributed by atoms with Crippen molar-refractivity contribution in [3.63, 3.8) is 0 Å². The van der Waals surface area contributed by atoms with Crippen LogP contribution in [0.15, 0.2) is 56.8 Å². The lowest BCUT2D eigenvalue weighted by Crippen LogP contribution is -2.20. The first-order valence-corrected chi connectivity index (χ1v) is 8.34. The highest BCUT2D eigenvalue weighted by Gasteiger charge is 2.08. The number of ether oxygens (including phenoxy) is 1. The van der Waals surface area contributed by atoms with Crippen LogP contribution in [-0.2, 0) is 0 Å². The van der Waals surface area contributed by atoms with E-state index < -0.39 is 0 Å². The lowest BCUT2D eigenvalue weighted by Gasteiger charge is -2.08. The van der Waals surface area contributed by atoms with Crippen LogP contribution in [0.4, 0.5) is 0 Å². The molecule has 1 aromatic heterocycles. The molecule has 24 heavy (non-hydrogen) atoms. The van der Waals surface area contributed by atoms with Gasteiger partial charge < -0.3 is 4.74 Å². The molecule has 5 nitrogen and oxygen atoms in total. The summed E-state index contributed by atoms with van der Waals surface area (Å²) in [5.41, 5.74) is 1.26. The fourth-order valence-electron chi connectivity index (χ4n) is 2.39. The van der Waals surface area contributed by atoms with Gasteiger partial charge in [0.05, 0.1) is 23.7 Å². The van der Waals surface area contributed by atoms with Gasteiger partial charge in [0.1, 0.15) is 11.6 Å². The highest BCUT2D eigenvalue weighted by Crippen LogP contribution is 2.17. The van der Waals surface area contributed by atoms with E-state index in [1.807, 2.05) is 43.3 Å². The number of rotatable bonds is 4. The van der Waals surface area contributed by atoms with Gasteiger partial charge in [-0.25, -0.2) is 4.98 Å². The lowest BCUT2D eigenvalue weighted by atomic mass is 10.2. The summed E-state index contributed by atoms with van der Waals surface area (Å²) in [4.78, 5) is 17.1. The van der Waals surface area contributed by atoms with Crippen LogP contribution in [-0.4, -0.2) is 22.5 Å². The second-order valence-electron chi connectivity index (χ2n) is 5.15. The van der Waals surface area contributed by atoms with Crippen molar-refractivity contribution in [2.75, 3.05) is 6.61 Å². The van der Waals surface area contributed by atoms with E-state index in [0.717, 1.165) is 15.8 Å². The molecule has 0 bridgehead atoms. The van der Waals surface area contributed by atoms with Crippen LogP contribution in [0.5, 0.6) is 5.75 Å². The Morgan fingerprint density at radius 1 is 1.29 bits per heavy atom. The minimum absolute atomic E-state index is 0.205. The quantitative estimate of drug-likeness (QED) is 0.642. The summed E-state index contributed by atoms with van der Waals surface area (Å²) >= 11 is 3.38. The second-order valence-corrected chi connectivity index (χ2v) is 6.07. The van der Waals surface area contributed by atoms with Gasteiger partial charge in [0.2, 0.25) is 0 Å². The van der Waals surface area contributed by atoms with Crippen LogP contribution < -0.4 is 10.3 Å². The summed E-state index contributed by atoms with van der Waals surface area (Å²) in [6.07, 6.45) is 1.62. The number of benzene rings is 2. The van der Waals surface area contributed by atoms with E-state index in [-0.39, 0.29) is 5.56 Å². The molecule has 3 rings (SSSR count). The van der Waals surface area contributed by atoms with Crippen LogP contribution in [0.2, 0.25) is 0 Å². The predicted octanol–water partition coefficient (Wildman–Crippen LogP) is 3.75. The topological polar surface area (TPSA) is 56.5 Å². The molecule has 122 valence electrons. The van der Waals surface area contributed by atoms with E-state index in [9.17, 15) is 4.79 Å². The average Bonchev–Trinajstić information content (AvgIpc) is 2.57. The normalized spacial score (nSPS) is 11.3. The molecule has 0 amide bonds. The summed E-state index contributed by atoms with van der Waals surface area (Å²) in [7, 11) is 0. The Kier molecular flexibility index (Phi) is 4.76.